The van der Waals surface area contributed by atoms with Crippen LogP contribution >= 0.6 is 11.3 Å². The Morgan fingerprint density at radius 2 is 2.33 bits per heavy atom. The highest BCUT2D eigenvalue weighted by Crippen LogP contribution is 2.17. The van der Waals surface area contributed by atoms with Crippen molar-refractivity contribution in [2.45, 2.75) is 13.0 Å². The fourth-order valence-corrected chi connectivity index (χ4v) is 2.03. The zero-order chi connectivity index (χ0) is 13.0. The van der Waals surface area contributed by atoms with Gasteiger partial charge in [-0.2, -0.15) is 0 Å². The van der Waals surface area contributed by atoms with Crippen LogP contribution in [0.2, 0.25) is 0 Å². The summed E-state index contributed by atoms with van der Waals surface area (Å²) in [6, 6.07) is 3.53. The van der Waals surface area contributed by atoms with Gasteiger partial charge in [0.15, 0.2) is 11.2 Å². The second-order valence-corrected chi connectivity index (χ2v) is 4.53. The summed E-state index contributed by atoms with van der Waals surface area (Å²) in [5, 5.41) is 2.48. The van der Waals surface area contributed by atoms with Gasteiger partial charge in [-0.05, 0) is 19.1 Å². The van der Waals surface area contributed by atoms with Crippen molar-refractivity contribution in [2.75, 3.05) is 11.9 Å². The predicted octanol–water partition coefficient (Wildman–Crippen LogP) is 1.97. The number of anilines is 1. The van der Waals surface area contributed by atoms with Crippen molar-refractivity contribution >= 4 is 22.4 Å². The molecule has 18 heavy (non-hydrogen) atoms. The van der Waals surface area contributed by atoms with E-state index in [0.717, 1.165) is 0 Å². The molecule has 2 aromatic rings. The summed E-state index contributed by atoms with van der Waals surface area (Å²) >= 11 is 1.41. The van der Waals surface area contributed by atoms with Crippen molar-refractivity contribution in [3.05, 3.63) is 36.1 Å². The van der Waals surface area contributed by atoms with Crippen LogP contribution in [0, 0.1) is 0 Å². The first-order chi connectivity index (χ1) is 8.68. The van der Waals surface area contributed by atoms with Crippen LogP contribution in [-0.4, -0.2) is 29.0 Å². The summed E-state index contributed by atoms with van der Waals surface area (Å²) in [7, 11) is 1.68. The molecule has 2 rings (SSSR count). The number of aromatic nitrogens is 2. The van der Waals surface area contributed by atoms with E-state index < -0.39 is 6.10 Å². The Bertz CT molecular complexity index is 501. The van der Waals surface area contributed by atoms with Crippen LogP contribution in [-0.2, 0) is 4.79 Å². The normalized spacial score (nSPS) is 11.9. The number of hydrogen-bond donors (Lipinski definition) is 0. The zero-order valence-corrected chi connectivity index (χ0v) is 10.9. The van der Waals surface area contributed by atoms with Crippen LogP contribution in [0.5, 0.6) is 5.75 Å². The van der Waals surface area contributed by atoms with E-state index in [1.807, 2.05) is 5.38 Å². The molecule has 0 fully saturated rings. The van der Waals surface area contributed by atoms with Crippen molar-refractivity contribution in [2.24, 2.45) is 0 Å². The van der Waals surface area contributed by atoms with Gasteiger partial charge in [0.05, 0.1) is 6.20 Å². The number of thiazole rings is 1. The summed E-state index contributed by atoms with van der Waals surface area (Å²) in [5.74, 6) is 0.430. The molecule has 0 radical (unpaired) electrons. The molecule has 0 aliphatic carbocycles. The largest absolute Gasteiger partial charge is 0.479 e. The van der Waals surface area contributed by atoms with Crippen LogP contribution in [0.1, 0.15) is 6.92 Å². The van der Waals surface area contributed by atoms with Gasteiger partial charge in [0.1, 0.15) is 5.75 Å². The minimum absolute atomic E-state index is 0.145. The van der Waals surface area contributed by atoms with Crippen molar-refractivity contribution in [3.63, 3.8) is 0 Å². The quantitative estimate of drug-likeness (QED) is 0.846. The maximum absolute atomic E-state index is 12.1. The Kier molecular flexibility index (Phi) is 3.88. The summed E-state index contributed by atoms with van der Waals surface area (Å²) in [4.78, 5) is 21.6. The molecule has 0 N–H and O–H groups in total. The molecule has 6 heteroatoms. The molecule has 5 nitrogen and oxygen atoms in total. The smallest absolute Gasteiger partial charge is 0.269 e. The highest BCUT2D eigenvalue weighted by molar-refractivity contribution is 7.13. The summed E-state index contributed by atoms with van der Waals surface area (Å²) < 4.78 is 5.52. The molecule has 0 aliphatic rings. The number of ether oxygens (including phenoxy) is 1. The van der Waals surface area contributed by atoms with Crippen molar-refractivity contribution in [1.82, 2.24) is 9.97 Å². The third-order valence-corrected chi connectivity index (χ3v) is 3.18. The zero-order valence-electron chi connectivity index (χ0n) is 10.1. The molecule has 1 amide bonds. The highest BCUT2D eigenvalue weighted by atomic mass is 32.1. The average molecular weight is 263 g/mol. The Hall–Kier alpha value is -1.95. The van der Waals surface area contributed by atoms with E-state index in [-0.39, 0.29) is 5.91 Å². The average Bonchev–Trinajstić information content (AvgIpc) is 2.92. The van der Waals surface area contributed by atoms with E-state index >= 15 is 0 Å². The van der Waals surface area contributed by atoms with E-state index in [1.165, 1.54) is 16.2 Å². The van der Waals surface area contributed by atoms with Gasteiger partial charge in [0, 0.05) is 24.8 Å². The number of hydrogen-bond acceptors (Lipinski definition) is 5. The van der Waals surface area contributed by atoms with Crippen molar-refractivity contribution in [3.8, 4) is 5.75 Å². The second kappa shape index (κ2) is 5.59. The van der Waals surface area contributed by atoms with Gasteiger partial charge in [-0.3, -0.25) is 14.7 Å². The maximum atomic E-state index is 12.1. The molecule has 0 bridgehead atoms. The van der Waals surface area contributed by atoms with Gasteiger partial charge in [-0.15, -0.1) is 11.3 Å². The van der Waals surface area contributed by atoms with Crippen LogP contribution in [0.4, 0.5) is 5.13 Å². The number of likely N-dealkylation sites (N-methyl/N-ethyl adjacent to an activating group) is 1. The Labute approximate surface area is 109 Å². The van der Waals surface area contributed by atoms with Gasteiger partial charge < -0.3 is 4.74 Å². The van der Waals surface area contributed by atoms with Crippen LogP contribution < -0.4 is 9.64 Å². The number of nitrogens with zero attached hydrogens (tertiary/aromatic N) is 3. The summed E-state index contributed by atoms with van der Waals surface area (Å²) in [6.07, 6.45) is 4.31. The Balaban J connectivity index is 2.01. The van der Waals surface area contributed by atoms with E-state index in [2.05, 4.69) is 9.97 Å². The van der Waals surface area contributed by atoms with Gasteiger partial charge >= 0.3 is 0 Å². The molecule has 0 unspecified atom stereocenters. The van der Waals surface area contributed by atoms with E-state index in [1.54, 1.807) is 44.7 Å². The molecule has 0 aliphatic heterocycles. The van der Waals surface area contributed by atoms with Gasteiger partial charge in [0.2, 0.25) is 0 Å². The molecule has 1 atom stereocenters. The van der Waals surface area contributed by atoms with Crippen molar-refractivity contribution in [1.29, 1.82) is 0 Å². The molecular weight excluding hydrogens is 250 g/mol. The van der Waals surface area contributed by atoms with E-state index in [0.29, 0.717) is 10.9 Å². The number of rotatable bonds is 4. The van der Waals surface area contributed by atoms with Gasteiger partial charge in [0.25, 0.3) is 5.91 Å². The minimum atomic E-state index is -0.580. The Morgan fingerprint density at radius 1 is 1.50 bits per heavy atom. The fraction of sp³-hybridized carbons (Fsp3) is 0.250. The first-order valence-electron chi connectivity index (χ1n) is 5.42. The number of amides is 1. The molecular formula is C12H13N3O2S. The predicted molar refractivity (Wildman–Crippen MR) is 69.9 cm³/mol. The van der Waals surface area contributed by atoms with Crippen LogP contribution in [0.15, 0.2) is 36.1 Å². The van der Waals surface area contributed by atoms with E-state index in [9.17, 15) is 4.79 Å². The van der Waals surface area contributed by atoms with Crippen molar-refractivity contribution < 1.29 is 9.53 Å². The molecule has 94 valence electrons. The molecule has 2 aromatic heterocycles. The first-order valence-corrected chi connectivity index (χ1v) is 6.30. The maximum Gasteiger partial charge on any atom is 0.269 e. The molecule has 2 heterocycles. The van der Waals surface area contributed by atoms with Crippen LogP contribution in [0.25, 0.3) is 0 Å². The third-order valence-electron chi connectivity index (χ3n) is 2.33. The van der Waals surface area contributed by atoms with Gasteiger partial charge in [-0.25, -0.2) is 4.98 Å². The first kappa shape index (κ1) is 12.5. The van der Waals surface area contributed by atoms with Gasteiger partial charge in [-0.1, -0.05) is 0 Å². The number of carbonyl (C=O) groups excluding carboxylic acids is 1. The summed E-state index contributed by atoms with van der Waals surface area (Å²) in [5.41, 5.74) is 0. The minimum Gasteiger partial charge on any atom is -0.479 e. The highest BCUT2D eigenvalue weighted by Gasteiger charge is 2.21. The standard InChI is InChI=1S/C12H13N3O2S/c1-9(17-10-4-3-5-13-8-10)11(16)15(2)12-14-6-7-18-12/h3-9H,1-2H3/t9-/m0/s1. The lowest BCUT2D eigenvalue weighted by molar-refractivity contribution is -0.124. The lowest BCUT2D eigenvalue weighted by atomic mass is 10.3. The number of pyridine rings is 1. The lowest BCUT2D eigenvalue weighted by Gasteiger charge is -2.19. The third kappa shape index (κ3) is 2.84. The fourth-order valence-electron chi connectivity index (χ4n) is 1.42. The number of carbonyl (C=O) groups is 1. The van der Waals surface area contributed by atoms with Crippen LogP contribution in [0.3, 0.4) is 0 Å². The lowest BCUT2D eigenvalue weighted by Crippen LogP contribution is -2.37. The topological polar surface area (TPSA) is 55.3 Å². The Morgan fingerprint density at radius 3 is 2.94 bits per heavy atom. The SMILES string of the molecule is C[C@H](Oc1cccnc1)C(=O)N(C)c1nccs1. The van der Waals surface area contributed by atoms with E-state index in [4.69, 9.17) is 4.74 Å². The second-order valence-electron chi connectivity index (χ2n) is 3.66. The molecule has 0 saturated heterocycles. The molecule has 0 saturated carbocycles. The molecule has 0 aromatic carbocycles. The molecule has 0 spiro atoms. The summed E-state index contributed by atoms with van der Waals surface area (Å²) in [6.45, 7) is 1.71. The monoisotopic (exact) mass is 263 g/mol.